The van der Waals surface area contributed by atoms with E-state index in [1.54, 1.807) is 36.5 Å². The third kappa shape index (κ3) is 4.99. The summed E-state index contributed by atoms with van der Waals surface area (Å²) in [6, 6.07) is 9.88. The molecule has 8 heteroatoms. The molecule has 0 spiro atoms. The van der Waals surface area contributed by atoms with Crippen LogP contribution in [0, 0.1) is 0 Å². The van der Waals surface area contributed by atoms with E-state index in [1.807, 2.05) is 0 Å². The van der Waals surface area contributed by atoms with Crippen LogP contribution in [0.5, 0.6) is 11.5 Å². The zero-order valence-electron chi connectivity index (χ0n) is 12.0. The summed E-state index contributed by atoms with van der Waals surface area (Å²) in [5.41, 5.74) is 4.02. The van der Waals surface area contributed by atoms with Crippen molar-refractivity contribution in [2.75, 3.05) is 12.4 Å². The minimum absolute atomic E-state index is 0.0622. The Hall–Kier alpha value is -2.02. The second kappa shape index (κ2) is 8.01. The van der Waals surface area contributed by atoms with Crippen molar-refractivity contribution in [3.8, 4) is 11.5 Å². The van der Waals surface area contributed by atoms with Crippen molar-refractivity contribution in [2.45, 2.75) is 0 Å². The number of nitrogens with zero attached hydrogens (tertiary/aromatic N) is 1. The number of methoxy groups -OCH3 is 1. The number of nitrogens with one attached hydrogen (secondary N) is 2. The number of phenols is 1. The summed E-state index contributed by atoms with van der Waals surface area (Å²) in [5.74, 6) is 0.426. The summed E-state index contributed by atoms with van der Waals surface area (Å²) in [7, 11) is 1.48. The van der Waals surface area contributed by atoms with Crippen LogP contribution in [0.2, 0.25) is 10.0 Å². The summed E-state index contributed by atoms with van der Waals surface area (Å²) in [4.78, 5) is 0. The van der Waals surface area contributed by atoms with Gasteiger partial charge < -0.3 is 15.2 Å². The summed E-state index contributed by atoms with van der Waals surface area (Å²) in [5, 5.41) is 17.7. The topological polar surface area (TPSA) is 65.9 Å². The Kier molecular flexibility index (Phi) is 6.04. The lowest BCUT2D eigenvalue weighted by Gasteiger charge is -2.09. The fraction of sp³-hybridized carbons (Fsp3) is 0.0667. The minimum atomic E-state index is 0.0622. The predicted octanol–water partition coefficient (Wildman–Crippen LogP) is 4.03. The van der Waals surface area contributed by atoms with E-state index in [-0.39, 0.29) is 10.9 Å². The summed E-state index contributed by atoms with van der Waals surface area (Å²) >= 11 is 17.0. The van der Waals surface area contributed by atoms with E-state index in [1.165, 1.54) is 13.2 Å². The van der Waals surface area contributed by atoms with E-state index in [4.69, 9.17) is 40.2 Å². The molecule has 0 bridgehead atoms. The van der Waals surface area contributed by atoms with Gasteiger partial charge in [-0.3, -0.25) is 5.43 Å². The summed E-state index contributed by atoms with van der Waals surface area (Å²) < 4.78 is 5.02. The quantitative estimate of drug-likeness (QED) is 0.431. The van der Waals surface area contributed by atoms with Gasteiger partial charge in [0.2, 0.25) is 0 Å². The second-order valence-electron chi connectivity index (χ2n) is 4.38. The van der Waals surface area contributed by atoms with Gasteiger partial charge in [0.25, 0.3) is 0 Å². The highest BCUT2D eigenvalue weighted by molar-refractivity contribution is 7.80. The number of anilines is 1. The molecule has 120 valence electrons. The van der Waals surface area contributed by atoms with Crippen molar-refractivity contribution in [1.82, 2.24) is 5.43 Å². The van der Waals surface area contributed by atoms with Gasteiger partial charge in [-0.2, -0.15) is 5.10 Å². The number of rotatable bonds is 4. The van der Waals surface area contributed by atoms with Crippen molar-refractivity contribution in [3.63, 3.8) is 0 Å². The molecule has 2 aromatic rings. The van der Waals surface area contributed by atoms with Crippen LogP contribution in [0.1, 0.15) is 5.56 Å². The molecule has 2 aromatic carbocycles. The van der Waals surface area contributed by atoms with Gasteiger partial charge >= 0.3 is 0 Å². The smallest absolute Gasteiger partial charge is 0.191 e. The first-order valence-corrected chi connectivity index (χ1v) is 7.58. The molecule has 0 radical (unpaired) electrons. The molecule has 0 heterocycles. The van der Waals surface area contributed by atoms with Gasteiger partial charge in [-0.05, 0) is 54.2 Å². The first-order chi connectivity index (χ1) is 11.0. The number of thiocarbonyl (C=S) groups is 1. The molecule has 0 aliphatic heterocycles. The Morgan fingerprint density at radius 3 is 2.74 bits per heavy atom. The van der Waals surface area contributed by atoms with Crippen molar-refractivity contribution in [3.05, 3.63) is 52.0 Å². The maximum atomic E-state index is 9.52. The molecule has 0 amide bonds. The van der Waals surface area contributed by atoms with Crippen LogP contribution in [0.15, 0.2) is 41.5 Å². The normalized spacial score (nSPS) is 10.6. The molecular weight excluding hydrogens is 357 g/mol. The monoisotopic (exact) mass is 369 g/mol. The average Bonchev–Trinajstić information content (AvgIpc) is 2.52. The number of aromatic hydroxyl groups is 1. The van der Waals surface area contributed by atoms with E-state index in [0.717, 1.165) is 5.56 Å². The Morgan fingerprint density at radius 2 is 2.04 bits per heavy atom. The van der Waals surface area contributed by atoms with Gasteiger partial charge in [0, 0.05) is 5.02 Å². The number of hydrazone groups is 1. The standard InChI is InChI=1S/C15H13Cl2N3O2S/c1-22-14-6-9(2-5-13(14)21)8-18-20-15(23)19-12-4-3-10(16)7-11(12)17/h2-8,21H,1H3,(H2,19,20,23). The molecule has 0 fully saturated rings. The maximum absolute atomic E-state index is 9.52. The molecule has 0 aliphatic rings. The average molecular weight is 370 g/mol. The molecule has 0 saturated carbocycles. The van der Waals surface area contributed by atoms with E-state index in [9.17, 15) is 5.11 Å². The zero-order chi connectivity index (χ0) is 16.8. The molecule has 5 nitrogen and oxygen atoms in total. The van der Waals surface area contributed by atoms with Crippen LogP contribution in [0.4, 0.5) is 5.69 Å². The Labute approximate surface area is 148 Å². The SMILES string of the molecule is COc1cc(C=NNC(=S)Nc2ccc(Cl)cc2Cl)ccc1O. The predicted molar refractivity (Wildman–Crippen MR) is 98.1 cm³/mol. The lowest BCUT2D eigenvalue weighted by Crippen LogP contribution is -2.24. The lowest BCUT2D eigenvalue weighted by molar-refractivity contribution is 0.373. The Bertz CT molecular complexity index is 753. The molecule has 0 saturated heterocycles. The summed E-state index contributed by atoms with van der Waals surface area (Å²) in [6.45, 7) is 0. The van der Waals surface area contributed by atoms with Gasteiger partial charge in [-0.25, -0.2) is 0 Å². The van der Waals surface area contributed by atoms with Crippen LogP contribution in [0.3, 0.4) is 0 Å². The lowest BCUT2D eigenvalue weighted by atomic mass is 10.2. The zero-order valence-corrected chi connectivity index (χ0v) is 14.3. The number of benzene rings is 2. The first kappa shape index (κ1) is 17.3. The van der Waals surface area contributed by atoms with Crippen LogP contribution in [0.25, 0.3) is 0 Å². The number of ether oxygens (including phenoxy) is 1. The highest BCUT2D eigenvalue weighted by atomic mass is 35.5. The van der Waals surface area contributed by atoms with Gasteiger partial charge in [0.05, 0.1) is 24.0 Å². The molecule has 23 heavy (non-hydrogen) atoms. The molecule has 3 N–H and O–H groups in total. The van der Waals surface area contributed by atoms with E-state index >= 15 is 0 Å². The van der Waals surface area contributed by atoms with E-state index in [2.05, 4.69) is 15.8 Å². The molecule has 0 atom stereocenters. The second-order valence-corrected chi connectivity index (χ2v) is 5.63. The number of hydrogen-bond donors (Lipinski definition) is 3. The van der Waals surface area contributed by atoms with Gasteiger partial charge in [0.1, 0.15) is 0 Å². The van der Waals surface area contributed by atoms with Crippen molar-refractivity contribution in [2.24, 2.45) is 5.10 Å². The number of phenolic OH excluding ortho intramolecular Hbond substituents is 1. The number of hydrogen-bond acceptors (Lipinski definition) is 4. The molecule has 2 rings (SSSR count). The molecular formula is C15H13Cl2N3O2S. The maximum Gasteiger partial charge on any atom is 0.191 e. The molecule has 0 unspecified atom stereocenters. The van der Waals surface area contributed by atoms with Gasteiger partial charge in [-0.15, -0.1) is 0 Å². The Balaban J connectivity index is 1.96. The largest absolute Gasteiger partial charge is 0.504 e. The van der Waals surface area contributed by atoms with Gasteiger partial charge in [-0.1, -0.05) is 23.2 Å². The minimum Gasteiger partial charge on any atom is -0.504 e. The van der Waals surface area contributed by atoms with E-state index < -0.39 is 0 Å². The van der Waals surface area contributed by atoms with Crippen molar-refractivity contribution < 1.29 is 9.84 Å². The molecule has 0 aromatic heterocycles. The summed E-state index contributed by atoms with van der Waals surface area (Å²) in [6.07, 6.45) is 1.54. The highest BCUT2D eigenvalue weighted by Gasteiger charge is 2.03. The third-order valence-corrected chi connectivity index (χ3v) is 3.50. The third-order valence-electron chi connectivity index (χ3n) is 2.76. The fourth-order valence-electron chi connectivity index (χ4n) is 1.68. The fourth-order valence-corrected chi connectivity index (χ4v) is 2.30. The van der Waals surface area contributed by atoms with Crippen LogP contribution < -0.4 is 15.5 Å². The van der Waals surface area contributed by atoms with Crippen molar-refractivity contribution >= 4 is 52.4 Å². The van der Waals surface area contributed by atoms with Crippen molar-refractivity contribution in [1.29, 1.82) is 0 Å². The van der Waals surface area contributed by atoms with Crippen LogP contribution in [-0.2, 0) is 0 Å². The van der Waals surface area contributed by atoms with Crippen LogP contribution in [-0.4, -0.2) is 23.5 Å². The molecule has 0 aliphatic carbocycles. The Morgan fingerprint density at radius 1 is 1.26 bits per heavy atom. The van der Waals surface area contributed by atoms with Crippen LogP contribution >= 0.6 is 35.4 Å². The first-order valence-electron chi connectivity index (χ1n) is 6.41. The van der Waals surface area contributed by atoms with E-state index in [0.29, 0.717) is 21.5 Å². The number of halogens is 2. The van der Waals surface area contributed by atoms with Gasteiger partial charge in [0.15, 0.2) is 16.6 Å². The highest BCUT2D eigenvalue weighted by Crippen LogP contribution is 2.26.